The molecule has 0 aliphatic rings. The minimum atomic E-state index is 0.133. The van der Waals surface area contributed by atoms with Crippen molar-refractivity contribution in [1.82, 2.24) is 9.78 Å². The summed E-state index contributed by atoms with van der Waals surface area (Å²) in [5, 5.41) is 5.67. The van der Waals surface area contributed by atoms with Crippen LogP contribution < -0.4 is 10.5 Å². The first-order valence-electron chi connectivity index (χ1n) is 6.61. The summed E-state index contributed by atoms with van der Waals surface area (Å²) in [5.74, 6) is 0.867. The van der Waals surface area contributed by atoms with Crippen molar-refractivity contribution in [3.63, 3.8) is 0 Å². The van der Waals surface area contributed by atoms with Crippen LogP contribution in [0.15, 0.2) is 34.2 Å². The number of aromatic nitrogens is 2. The van der Waals surface area contributed by atoms with E-state index in [-0.39, 0.29) is 6.04 Å². The van der Waals surface area contributed by atoms with Crippen LogP contribution in [-0.2, 0) is 13.5 Å². The Morgan fingerprint density at radius 1 is 1.35 bits per heavy atom. The molecule has 1 heterocycles. The topological polar surface area (TPSA) is 53.1 Å². The summed E-state index contributed by atoms with van der Waals surface area (Å²) in [7, 11) is 3.65. The highest BCUT2D eigenvalue weighted by molar-refractivity contribution is 7.99. The minimum absolute atomic E-state index is 0.133. The van der Waals surface area contributed by atoms with Crippen molar-refractivity contribution in [1.29, 1.82) is 0 Å². The molecular weight excluding hydrogens is 270 g/mol. The van der Waals surface area contributed by atoms with E-state index in [4.69, 9.17) is 10.5 Å². The van der Waals surface area contributed by atoms with E-state index in [1.807, 2.05) is 37.7 Å². The third-order valence-corrected chi connectivity index (χ3v) is 4.30. The Bertz CT molecular complexity index is 576. The molecule has 108 valence electrons. The maximum absolute atomic E-state index is 5.94. The zero-order valence-corrected chi connectivity index (χ0v) is 13.2. The molecular formula is C15H21N3OS. The number of rotatable bonds is 5. The second-order valence-corrected chi connectivity index (χ2v) is 6.01. The number of methoxy groups -OCH3 is 1. The minimum Gasteiger partial charge on any atom is -0.497 e. The van der Waals surface area contributed by atoms with E-state index in [9.17, 15) is 0 Å². The van der Waals surface area contributed by atoms with Crippen molar-refractivity contribution in [2.75, 3.05) is 7.11 Å². The smallest absolute Gasteiger partial charge is 0.118 e. The molecule has 4 nitrogen and oxygen atoms in total. The zero-order chi connectivity index (χ0) is 14.7. The van der Waals surface area contributed by atoms with Gasteiger partial charge in [0.05, 0.1) is 12.8 Å². The first kappa shape index (κ1) is 14.9. The Hall–Kier alpha value is -1.46. The van der Waals surface area contributed by atoms with Gasteiger partial charge in [-0.05, 0) is 44.5 Å². The second-order valence-electron chi connectivity index (χ2n) is 4.95. The van der Waals surface area contributed by atoms with Gasteiger partial charge < -0.3 is 10.5 Å². The van der Waals surface area contributed by atoms with Crippen LogP contribution in [0, 0.1) is 6.92 Å². The lowest BCUT2D eigenvalue weighted by molar-refractivity contribution is 0.414. The number of aryl methyl sites for hydroxylation is 2. The van der Waals surface area contributed by atoms with E-state index in [2.05, 4.69) is 17.2 Å². The van der Waals surface area contributed by atoms with Crippen molar-refractivity contribution < 1.29 is 4.74 Å². The molecule has 0 amide bonds. The maximum Gasteiger partial charge on any atom is 0.118 e. The van der Waals surface area contributed by atoms with Gasteiger partial charge in [-0.15, -0.1) is 0 Å². The monoisotopic (exact) mass is 291 g/mol. The van der Waals surface area contributed by atoms with E-state index >= 15 is 0 Å². The van der Waals surface area contributed by atoms with Gasteiger partial charge in [0.2, 0.25) is 0 Å². The molecule has 0 fully saturated rings. The third-order valence-electron chi connectivity index (χ3n) is 3.09. The zero-order valence-electron chi connectivity index (χ0n) is 12.4. The number of ether oxygens (including phenoxy) is 1. The summed E-state index contributed by atoms with van der Waals surface area (Å²) in [4.78, 5) is 1.17. The fraction of sp³-hybridized carbons (Fsp3) is 0.400. The maximum atomic E-state index is 5.94. The molecule has 1 atom stereocenters. The Balaban J connectivity index is 2.27. The molecule has 2 N–H and O–H groups in total. The molecule has 2 aromatic rings. The van der Waals surface area contributed by atoms with Crippen molar-refractivity contribution in [3.05, 3.63) is 35.5 Å². The van der Waals surface area contributed by atoms with Crippen molar-refractivity contribution >= 4 is 11.8 Å². The largest absolute Gasteiger partial charge is 0.497 e. The van der Waals surface area contributed by atoms with Crippen LogP contribution in [-0.4, -0.2) is 22.9 Å². The van der Waals surface area contributed by atoms with Gasteiger partial charge in [0, 0.05) is 23.5 Å². The number of hydrogen-bond acceptors (Lipinski definition) is 4. The van der Waals surface area contributed by atoms with Crippen molar-refractivity contribution in [2.24, 2.45) is 12.8 Å². The Kier molecular flexibility index (Phi) is 4.73. The van der Waals surface area contributed by atoms with Gasteiger partial charge in [-0.3, -0.25) is 4.68 Å². The summed E-state index contributed by atoms with van der Waals surface area (Å²) < 4.78 is 7.11. The highest BCUT2D eigenvalue weighted by atomic mass is 32.2. The molecule has 0 bridgehead atoms. The summed E-state index contributed by atoms with van der Waals surface area (Å²) in [6, 6.07) is 8.18. The normalized spacial score (nSPS) is 12.4. The predicted molar refractivity (Wildman–Crippen MR) is 82.4 cm³/mol. The Labute approximate surface area is 124 Å². The molecule has 0 saturated carbocycles. The lowest BCUT2D eigenvalue weighted by Crippen LogP contribution is -2.18. The van der Waals surface area contributed by atoms with Crippen LogP contribution in [0.5, 0.6) is 5.75 Å². The SMILES string of the molecule is COc1ccc(Sc2c(CC(C)N)c(C)nn2C)cc1. The standard InChI is InChI=1S/C15H21N3OS/c1-10(16)9-14-11(2)17-18(3)15(14)20-13-7-5-12(19-4)6-8-13/h5-8,10H,9,16H2,1-4H3. The van der Waals surface area contributed by atoms with Gasteiger partial charge in [0.1, 0.15) is 10.8 Å². The lowest BCUT2D eigenvalue weighted by Gasteiger charge is -2.09. The van der Waals surface area contributed by atoms with E-state index in [0.717, 1.165) is 22.9 Å². The first-order chi connectivity index (χ1) is 9.51. The average Bonchev–Trinajstić information content (AvgIpc) is 2.66. The van der Waals surface area contributed by atoms with Crippen LogP contribution in [0.3, 0.4) is 0 Å². The predicted octanol–water partition coefficient (Wildman–Crippen LogP) is 2.78. The lowest BCUT2D eigenvalue weighted by atomic mass is 10.1. The van der Waals surface area contributed by atoms with Gasteiger partial charge in [0.15, 0.2) is 0 Å². The van der Waals surface area contributed by atoms with Gasteiger partial charge >= 0.3 is 0 Å². The second kappa shape index (κ2) is 6.33. The number of hydrogen-bond donors (Lipinski definition) is 1. The van der Waals surface area contributed by atoms with Crippen LogP contribution >= 0.6 is 11.8 Å². The highest BCUT2D eigenvalue weighted by Crippen LogP contribution is 2.33. The number of nitrogens with two attached hydrogens (primary N) is 1. The number of benzene rings is 1. The van der Waals surface area contributed by atoms with Gasteiger partial charge in [-0.2, -0.15) is 5.10 Å². The van der Waals surface area contributed by atoms with Crippen LogP contribution in [0.1, 0.15) is 18.2 Å². The summed E-state index contributed by atoms with van der Waals surface area (Å²) in [6.07, 6.45) is 0.845. The van der Waals surface area contributed by atoms with Gasteiger partial charge in [-0.1, -0.05) is 11.8 Å². The quantitative estimate of drug-likeness (QED) is 0.920. The van der Waals surface area contributed by atoms with Crippen molar-refractivity contribution in [2.45, 2.75) is 36.2 Å². The van der Waals surface area contributed by atoms with E-state index in [0.29, 0.717) is 0 Å². The van der Waals surface area contributed by atoms with Crippen LogP contribution in [0.2, 0.25) is 0 Å². The van der Waals surface area contributed by atoms with E-state index in [1.165, 1.54) is 10.5 Å². The molecule has 0 aliphatic carbocycles. The molecule has 0 aliphatic heterocycles. The third kappa shape index (κ3) is 3.35. The molecule has 0 radical (unpaired) electrons. The van der Waals surface area contributed by atoms with Crippen LogP contribution in [0.4, 0.5) is 0 Å². The average molecular weight is 291 g/mol. The fourth-order valence-corrected chi connectivity index (χ4v) is 3.14. The molecule has 1 unspecified atom stereocenters. The molecule has 0 spiro atoms. The van der Waals surface area contributed by atoms with Crippen molar-refractivity contribution in [3.8, 4) is 5.75 Å². The molecule has 1 aromatic carbocycles. The molecule has 0 saturated heterocycles. The molecule has 5 heteroatoms. The highest BCUT2D eigenvalue weighted by Gasteiger charge is 2.15. The van der Waals surface area contributed by atoms with Crippen LogP contribution in [0.25, 0.3) is 0 Å². The molecule has 20 heavy (non-hydrogen) atoms. The Morgan fingerprint density at radius 2 is 2.00 bits per heavy atom. The van der Waals surface area contributed by atoms with E-state index in [1.54, 1.807) is 18.9 Å². The van der Waals surface area contributed by atoms with Gasteiger partial charge in [0.25, 0.3) is 0 Å². The van der Waals surface area contributed by atoms with E-state index < -0.39 is 0 Å². The molecule has 1 aromatic heterocycles. The summed E-state index contributed by atoms with van der Waals surface area (Å²) >= 11 is 1.71. The summed E-state index contributed by atoms with van der Waals surface area (Å²) in [6.45, 7) is 4.06. The number of nitrogens with zero attached hydrogens (tertiary/aromatic N) is 2. The van der Waals surface area contributed by atoms with Gasteiger partial charge in [-0.25, -0.2) is 0 Å². The first-order valence-corrected chi connectivity index (χ1v) is 7.43. The summed E-state index contributed by atoms with van der Waals surface area (Å²) in [5.41, 5.74) is 8.24. The Morgan fingerprint density at radius 3 is 2.55 bits per heavy atom. The molecule has 2 rings (SSSR count). The fourth-order valence-electron chi connectivity index (χ4n) is 2.12.